The van der Waals surface area contributed by atoms with Crippen LogP contribution in [0, 0.1) is 12.3 Å². The van der Waals surface area contributed by atoms with Crippen molar-refractivity contribution in [2.24, 2.45) is 0 Å². The molecule has 0 fully saturated rings. The number of ether oxygens (including phenoxy) is 1. The molecule has 0 aromatic heterocycles. The Hall–Kier alpha value is -1.52. The van der Waals surface area contributed by atoms with E-state index >= 15 is 0 Å². The van der Waals surface area contributed by atoms with Crippen LogP contribution in [0.15, 0.2) is 36.4 Å². The van der Waals surface area contributed by atoms with Crippen molar-refractivity contribution in [3.8, 4) is 12.3 Å². The van der Waals surface area contributed by atoms with Gasteiger partial charge < -0.3 is 4.74 Å². The van der Waals surface area contributed by atoms with E-state index in [-0.39, 0.29) is 0 Å². The Kier molecular flexibility index (Phi) is 4.54. The lowest BCUT2D eigenvalue weighted by atomic mass is 10.1. The molecule has 0 amide bonds. The van der Waals surface area contributed by atoms with Crippen molar-refractivity contribution in [1.82, 2.24) is 0 Å². The zero-order valence-electron chi connectivity index (χ0n) is 8.36. The summed E-state index contributed by atoms with van der Waals surface area (Å²) in [4.78, 5) is 0. The van der Waals surface area contributed by atoms with Gasteiger partial charge in [0.2, 0.25) is 0 Å². The molecule has 14 heavy (non-hydrogen) atoms. The molecule has 1 aromatic rings. The van der Waals surface area contributed by atoms with E-state index in [9.17, 15) is 0 Å². The van der Waals surface area contributed by atoms with Gasteiger partial charge in [0, 0.05) is 0 Å². The maximum atomic E-state index is 5.16. The first kappa shape index (κ1) is 10.6. The quantitative estimate of drug-likeness (QED) is 0.519. The van der Waals surface area contributed by atoms with Crippen LogP contribution in [0.2, 0.25) is 0 Å². The second-order valence-corrected chi connectivity index (χ2v) is 2.97. The van der Waals surface area contributed by atoms with Crippen LogP contribution >= 0.6 is 0 Å². The van der Waals surface area contributed by atoms with Crippen molar-refractivity contribution in [3.63, 3.8) is 0 Å². The maximum Gasteiger partial charge on any atom is 0.107 e. The smallest absolute Gasteiger partial charge is 0.107 e. The number of hydrogen-bond donors (Lipinski definition) is 0. The summed E-state index contributed by atoms with van der Waals surface area (Å²) in [5.74, 6) is 2.43. The molecule has 0 aliphatic carbocycles. The molecule has 0 aliphatic rings. The Morgan fingerprint density at radius 1 is 1.43 bits per heavy atom. The first-order valence-corrected chi connectivity index (χ1v) is 4.58. The average Bonchev–Trinajstić information content (AvgIpc) is 2.25. The predicted octanol–water partition coefficient (Wildman–Crippen LogP) is 2.74. The highest BCUT2D eigenvalue weighted by atomic mass is 16.5. The summed E-state index contributed by atoms with van der Waals surface area (Å²) in [5.41, 5.74) is 2.43. The third-order valence-electron chi connectivity index (χ3n) is 1.92. The highest BCUT2D eigenvalue weighted by molar-refractivity contribution is 5.63. The molecule has 1 aromatic carbocycles. The van der Waals surface area contributed by atoms with Crippen LogP contribution in [-0.4, -0.2) is 13.2 Å². The van der Waals surface area contributed by atoms with Crippen LogP contribution in [0.4, 0.5) is 0 Å². The number of allylic oxidation sites excluding steroid dienone is 1. The molecule has 0 heterocycles. The lowest BCUT2D eigenvalue weighted by Crippen LogP contribution is -1.91. The normalized spacial score (nSPS) is 11.0. The molecule has 0 bridgehead atoms. The SMILES string of the molecule is C#CCOC/C=C(\C)c1ccccc1. The Bertz CT molecular complexity index is 330. The largest absolute Gasteiger partial charge is 0.365 e. The topological polar surface area (TPSA) is 9.23 Å². The molecule has 0 N–H and O–H groups in total. The van der Waals surface area contributed by atoms with Crippen molar-refractivity contribution in [2.75, 3.05) is 13.2 Å². The zero-order valence-corrected chi connectivity index (χ0v) is 8.36. The monoisotopic (exact) mass is 186 g/mol. The van der Waals surface area contributed by atoms with Crippen LogP contribution in [-0.2, 0) is 4.74 Å². The Morgan fingerprint density at radius 3 is 2.79 bits per heavy atom. The van der Waals surface area contributed by atoms with Crippen molar-refractivity contribution >= 4 is 5.57 Å². The van der Waals surface area contributed by atoms with E-state index in [1.54, 1.807) is 0 Å². The van der Waals surface area contributed by atoms with E-state index in [1.807, 2.05) is 24.3 Å². The van der Waals surface area contributed by atoms with Crippen LogP contribution in [0.1, 0.15) is 12.5 Å². The average molecular weight is 186 g/mol. The molecule has 0 spiro atoms. The highest BCUT2D eigenvalue weighted by Gasteiger charge is 1.92. The lowest BCUT2D eigenvalue weighted by Gasteiger charge is -2.00. The van der Waals surface area contributed by atoms with Gasteiger partial charge in [-0.05, 0) is 18.1 Å². The number of benzene rings is 1. The van der Waals surface area contributed by atoms with Crippen molar-refractivity contribution in [1.29, 1.82) is 0 Å². The molecular formula is C13H14O. The van der Waals surface area contributed by atoms with Crippen molar-refractivity contribution < 1.29 is 4.74 Å². The van der Waals surface area contributed by atoms with Crippen LogP contribution in [0.25, 0.3) is 5.57 Å². The maximum absolute atomic E-state index is 5.16. The summed E-state index contributed by atoms with van der Waals surface area (Å²) in [6.07, 6.45) is 7.10. The number of rotatable bonds is 4. The minimum Gasteiger partial charge on any atom is -0.365 e. The van der Waals surface area contributed by atoms with Crippen molar-refractivity contribution in [3.05, 3.63) is 42.0 Å². The van der Waals surface area contributed by atoms with Crippen LogP contribution in [0.3, 0.4) is 0 Å². The van der Waals surface area contributed by atoms with Gasteiger partial charge in [-0.2, -0.15) is 0 Å². The molecule has 72 valence electrons. The number of hydrogen-bond acceptors (Lipinski definition) is 1. The van der Waals surface area contributed by atoms with Crippen LogP contribution < -0.4 is 0 Å². The Balaban J connectivity index is 2.49. The summed E-state index contributed by atoms with van der Waals surface area (Å²) in [6, 6.07) is 10.2. The van der Waals surface area contributed by atoms with E-state index in [0.717, 1.165) is 0 Å². The van der Waals surface area contributed by atoms with Gasteiger partial charge in [0.15, 0.2) is 0 Å². The molecule has 0 radical (unpaired) electrons. The summed E-state index contributed by atoms with van der Waals surface area (Å²) in [5, 5.41) is 0. The molecule has 0 atom stereocenters. The fourth-order valence-electron chi connectivity index (χ4n) is 1.12. The van der Waals surface area contributed by atoms with Gasteiger partial charge in [-0.25, -0.2) is 0 Å². The van der Waals surface area contributed by atoms with Gasteiger partial charge >= 0.3 is 0 Å². The van der Waals surface area contributed by atoms with Gasteiger partial charge in [0.1, 0.15) is 6.61 Å². The second-order valence-electron chi connectivity index (χ2n) is 2.97. The summed E-state index contributed by atoms with van der Waals surface area (Å²) < 4.78 is 5.16. The molecule has 1 rings (SSSR count). The fraction of sp³-hybridized carbons (Fsp3) is 0.231. The molecular weight excluding hydrogens is 172 g/mol. The van der Waals surface area contributed by atoms with Crippen LogP contribution in [0.5, 0.6) is 0 Å². The first-order chi connectivity index (χ1) is 6.84. The summed E-state index contributed by atoms with van der Waals surface area (Å²) in [7, 11) is 0. The zero-order chi connectivity index (χ0) is 10.2. The van der Waals surface area contributed by atoms with Gasteiger partial charge in [-0.15, -0.1) is 6.42 Å². The molecule has 0 unspecified atom stereocenters. The van der Waals surface area contributed by atoms with Gasteiger partial charge in [0.25, 0.3) is 0 Å². The van der Waals surface area contributed by atoms with E-state index in [0.29, 0.717) is 13.2 Å². The first-order valence-electron chi connectivity index (χ1n) is 4.58. The minimum atomic E-state index is 0.374. The molecule has 0 saturated heterocycles. The highest BCUT2D eigenvalue weighted by Crippen LogP contribution is 2.11. The van der Waals surface area contributed by atoms with E-state index in [4.69, 9.17) is 11.2 Å². The van der Waals surface area contributed by atoms with E-state index < -0.39 is 0 Å². The molecule has 1 heteroatoms. The standard InChI is InChI=1S/C13H14O/c1-3-10-14-11-9-12(2)13-7-5-4-6-8-13/h1,4-9H,10-11H2,2H3/b12-9+. The van der Waals surface area contributed by atoms with E-state index in [2.05, 4.69) is 25.0 Å². The number of terminal acetylenes is 1. The predicted molar refractivity (Wildman–Crippen MR) is 59.7 cm³/mol. The van der Waals surface area contributed by atoms with Gasteiger partial charge in [-0.1, -0.05) is 42.3 Å². The fourth-order valence-corrected chi connectivity index (χ4v) is 1.12. The Labute approximate surface area is 85.4 Å². The third kappa shape index (κ3) is 3.47. The third-order valence-corrected chi connectivity index (χ3v) is 1.92. The molecule has 0 saturated carbocycles. The second kappa shape index (κ2) is 6.01. The lowest BCUT2D eigenvalue weighted by molar-refractivity contribution is 0.199. The van der Waals surface area contributed by atoms with Crippen molar-refractivity contribution in [2.45, 2.75) is 6.92 Å². The molecule has 1 nitrogen and oxygen atoms in total. The summed E-state index contributed by atoms with van der Waals surface area (Å²) in [6.45, 7) is 3.01. The van der Waals surface area contributed by atoms with Gasteiger partial charge in [-0.3, -0.25) is 0 Å². The van der Waals surface area contributed by atoms with Gasteiger partial charge in [0.05, 0.1) is 6.61 Å². The Morgan fingerprint density at radius 2 is 2.14 bits per heavy atom. The minimum absolute atomic E-state index is 0.374. The molecule has 0 aliphatic heterocycles. The van der Waals surface area contributed by atoms with E-state index in [1.165, 1.54) is 11.1 Å². The summed E-state index contributed by atoms with van der Waals surface area (Å²) >= 11 is 0.